The summed E-state index contributed by atoms with van der Waals surface area (Å²) < 4.78 is 80.2. The highest BCUT2D eigenvalue weighted by Gasteiger charge is 2.55. The maximum atomic E-state index is 12.7. The Hall–Kier alpha value is -3.25. The summed E-state index contributed by atoms with van der Waals surface area (Å²) >= 11 is 0. The third kappa shape index (κ3) is 9.35. The SMILES string of the molecule is Nc1ccn([C@@H]2O[C@H](COP(=O)(O)OP(=O)(O)OP(=O)(O)OC[C@H]3O[C@@H](n4ccc(=O)[nH]c4=O)[C@H]4OC(Cc5ccccc5)O[C@H]43)[C@@H](O)[C@H]2O)c(=O)n1. The third-order valence-corrected chi connectivity index (χ3v) is 12.2. The normalized spacial score (nSPS) is 31.8. The average molecular weight is 811 g/mol. The van der Waals surface area contributed by atoms with Crippen molar-refractivity contribution in [2.45, 2.75) is 61.8 Å². The summed E-state index contributed by atoms with van der Waals surface area (Å²) in [4.78, 5) is 72.1. The molecule has 5 heterocycles. The van der Waals surface area contributed by atoms with Crippen LogP contribution in [0.15, 0.2) is 69.2 Å². The minimum atomic E-state index is -5.97. The van der Waals surface area contributed by atoms with Gasteiger partial charge in [0.05, 0.1) is 13.2 Å². The Morgan fingerprint density at radius 2 is 1.36 bits per heavy atom. The predicted octanol–water partition coefficient (Wildman–Crippen LogP) is -1.39. The van der Waals surface area contributed by atoms with E-state index in [2.05, 4.69) is 23.1 Å². The molecular formula is C26H32N5O19P3. The number of aromatic nitrogens is 4. The molecule has 0 amide bonds. The monoisotopic (exact) mass is 811 g/mol. The van der Waals surface area contributed by atoms with Gasteiger partial charge in [0, 0.05) is 24.9 Å². The molecule has 53 heavy (non-hydrogen) atoms. The van der Waals surface area contributed by atoms with E-state index in [1.54, 1.807) is 18.2 Å². The van der Waals surface area contributed by atoms with Crippen molar-refractivity contribution in [3.63, 3.8) is 0 Å². The number of nitrogens with two attached hydrogens (primary N) is 1. The van der Waals surface area contributed by atoms with Crippen molar-refractivity contribution >= 4 is 29.3 Å². The number of hydrogen-bond acceptors (Lipinski definition) is 18. The van der Waals surface area contributed by atoms with Gasteiger partial charge in [0.15, 0.2) is 18.7 Å². The highest BCUT2D eigenvalue weighted by molar-refractivity contribution is 7.66. The van der Waals surface area contributed by atoms with Gasteiger partial charge < -0.3 is 49.6 Å². The summed E-state index contributed by atoms with van der Waals surface area (Å²) in [7, 11) is -17.3. The van der Waals surface area contributed by atoms with Gasteiger partial charge in [-0.25, -0.2) is 23.3 Å². The second kappa shape index (κ2) is 15.5. The van der Waals surface area contributed by atoms with Crippen LogP contribution in [0.3, 0.4) is 0 Å². The Balaban J connectivity index is 1.06. The van der Waals surface area contributed by atoms with E-state index >= 15 is 0 Å². The molecule has 2 aromatic heterocycles. The smallest absolute Gasteiger partial charge is 0.387 e. The molecule has 27 heteroatoms. The number of H-pyrrole nitrogens is 1. The van der Waals surface area contributed by atoms with Crippen molar-refractivity contribution in [3.05, 3.63) is 91.7 Å². The van der Waals surface area contributed by atoms with Crippen molar-refractivity contribution in [1.29, 1.82) is 0 Å². The van der Waals surface area contributed by atoms with Crippen LogP contribution in [0.1, 0.15) is 18.0 Å². The summed E-state index contributed by atoms with van der Waals surface area (Å²) in [5.41, 5.74) is 3.71. The number of nitrogen functional groups attached to an aromatic ring is 1. The van der Waals surface area contributed by atoms with Gasteiger partial charge in [0.25, 0.3) is 5.56 Å². The van der Waals surface area contributed by atoms with E-state index in [4.69, 9.17) is 29.2 Å². The van der Waals surface area contributed by atoms with Crippen LogP contribution in [0.4, 0.5) is 5.82 Å². The number of rotatable bonds is 14. The van der Waals surface area contributed by atoms with Gasteiger partial charge in [-0.2, -0.15) is 13.6 Å². The van der Waals surface area contributed by atoms with Crippen molar-refractivity contribution in [1.82, 2.24) is 19.1 Å². The van der Waals surface area contributed by atoms with Gasteiger partial charge in [0.1, 0.15) is 42.4 Å². The average Bonchev–Trinajstić information content (AvgIpc) is 3.70. The summed E-state index contributed by atoms with van der Waals surface area (Å²) in [6.07, 6.45) is -9.79. The highest BCUT2D eigenvalue weighted by Crippen LogP contribution is 2.68. The molecule has 0 aliphatic carbocycles. The largest absolute Gasteiger partial charge is 0.490 e. The Labute approximate surface area is 296 Å². The lowest BCUT2D eigenvalue weighted by atomic mass is 10.1. The third-order valence-electron chi connectivity index (χ3n) is 7.95. The Morgan fingerprint density at radius 3 is 2.00 bits per heavy atom. The van der Waals surface area contributed by atoms with Gasteiger partial charge in [-0.15, -0.1) is 0 Å². The molecule has 8 N–H and O–H groups in total. The van der Waals surface area contributed by atoms with Crippen molar-refractivity contribution in [2.75, 3.05) is 18.9 Å². The number of nitrogens with zero attached hydrogens (tertiary/aromatic N) is 3. The first-order chi connectivity index (χ1) is 24.9. The minimum absolute atomic E-state index is 0.147. The first-order valence-electron chi connectivity index (χ1n) is 15.3. The van der Waals surface area contributed by atoms with Crippen molar-refractivity contribution < 1.29 is 75.2 Å². The van der Waals surface area contributed by atoms with Crippen LogP contribution >= 0.6 is 23.5 Å². The lowest BCUT2D eigenvalue weighted by Gasteiger charge is -2.22. The lowest BCUT2D eigenvalue weighted by Crippen LogP contribution is -2.36. The van der Waals surface area contributed by atoms with Crippen LogP contribution in [0.2, 0.25) is 0 Å². The molecule has 3 aromatic rings. The van der Waals surface area contributed by atoms with Gasteiger partial charge >= 0.3 is 34.8 Å². The Morgan fingerprint density at radius 1 is 0.755 bits per heavy atom. The molecule has 4 unspecified atom stereocenters. The molecule has 3 saturated heterocycles. The molecule has 0 radical (unpaired) electrons. The van der Waals surface area contributed by atoms with Crippen molar-refractivity contribution in [2.24, 2.45) is 0 Å². The van der Waals surface area contributed by atoms with E-state index in [0.29, 0.717) is 0 Å². The molecule has 0 spiro atoms. The molecule has 24 nitrogen and oxygen atoms in total. The topological polar surface area (TPSA) is 342 Å². The number of phosphoric ester groups is 2. The van der Waals surface area contributed by atoms with Crippen LogP contribution in [0, 0.1) is 0 Å². The van der Waals surface area contributed by atoms with Gasteiger partial charge in [-0.3, -0.25) is 28.0 Å². The zero-order valence-corrected chi connectivity index (χ0v) is 29.4. The molecule has 3 fully saturated rings. The number of ether oxygens (including phenoxy) is 4. The number of phosphoric acid groups is 3. The van der Waals surface area contributed by atoms with Crippen LogP contribution in [0.5, 0.6) is 0 Å². The fourth-order valence-corrected chi connectivity index (χ4v) is 9.18. The van der Waals surface area contributed by atoms with Crippen LogP contribution in [-0.2, 0) is 56.7 Å². The van der Waals surface area contributed by atoms with E-state index in [1.165, 1.54) is 6.07 Å². The summed E-state index contributed by atoms with van der Waals surface area (Å²) in [6.45, 7) is -1.98. The zero-order valence-electron chi connectivity index (χ0n) is 26.7. The zero-order chi connectivity index (χ0) is 38.3. The van der Waals surface area contributed by atoms with Gasteiger partial charge in [-0.1, -0.05) is 30.3 Å². The summed E-state index contributed by atoms with van der Waals surface area (Å²) in [5, 5.41) is 20.6. The highest BCUT2D eigenvalue weighted by atomic mass is 31.3. The number of aliphatic hydroxyl groups is 2. The van der Waals surface area contributed by atoms with Crippen LogP contribution in [0.25, 0.3) is 0 Å². The number of nitrogens with one attached hydrogen (secondary N) is 1. The number of aliphatic hydroxyl groups excluding tert-OH is 2. The van der Waals surface area contributed by atoms with Gasteiger partial charge in [-0.05, 0) is 11.6 Å². The number of hydrogen-bond donors (Lipinski definition) is 7. The van der Waals surface area contributed by atoms with Crippen LogP contribution < -0.4 is 22.7 Å². The lowest BCUT2D eigenvalue weighted by molar-refractivity contribution is -0.150. The fraction of sp³-hybridized carbons (Fsp3) is 0.462. The Kier molecular flexibility index (Phi) is 11.5. The molecule has 0 bridgehead atoms. The van der Waals surface area contributed by atoms with Crippen molar-refractivity contribution in [3.8, 4) is 0 Å². The molecule has 3 aliphatic heterocycles. The van der Waals surface area contributed by atoms with E-state index in [9.17, 15) is 53.0 Å². The summed E-state index contributed by atoms with van der Waals surface area (Å²) in [6, 6.07) is 11.2. The first kappa shape index (κ1) is 39.4. The number of aromatic amines is 1. The molecule has 1 aromatic carbocycles. The minimum Gasteiger partial charge on any atom is -0.387 e. The quantitative estimate of drug-likeness (QED) is 0.0922. The number of anilines is 1. The molecule has 3 aliphatic rings. The van der Waals surface area contributed by atoms with E-state index in [1.807, 2.05) is 12.1 Å². The standard InChI is InChI=1S/C26H32N5O19P3/c27-16-6-8-30(25(35)28-16)23-20(34)19(33)14(45-23)11-43-51(37,38)49-53(41,42)50-52(39,40)44-12-15-21-22(24(46-15)31-9-7-17(32)29-26(31)36)48-18(47-21)10-13-4-2-1-3-5-13/h1-9,14-15,18-24,33-34H,10-12H2,(H,37,38)(H,39,40)(H,41,42)(H2,27,28,35)(H,29,32,36)/t14-,15-,18?,19-,20-,21+,22+,23-,24-/m1/s1. The van der Waals surface area contributed by atoms with E-state index in [-0.39, 0.29) is 12.2 Å². The number of benzene rings is 1. The predicted molar refractivity (Wildman–Crippen MR) is 171 cm³/mol. The fourth-order valence-electron chi connectivity index (χ4n) is 5.66. The molecule has 12 atom stereocenters. The summed E-state index contributed by atoms with van der Waals surface area (Å²) in [5.74, 6) is -0.147. The second-order valence-electron chi connectivity index (χ2n) is 11.7. The first-order valence-corrected chi connectivity index (χ1v) is 19.8. The molecule has 290 valence electrons. The van der Waals surface area contributed by atoms with E-state index in [0.717, 1.165) is 33.2 Å². The van der Waals surface area contributed by atoms with Crippen LogP contribution in [-0.4, -0.2) is 100 Å². The molecule has 0 saturated carbocycles. The molecular weight excluding hydrogens is 779 g/mol. The second-order valence-corrected chi connectivity index (χ2v) is 16.3. The number of fused-ring (bicyclic) bond motifs is 1. The van der Waals surface area contributed by atoms with E-state index < -0.39 is 109 Å². The Bertz CT molecular complexity index is 2120. The molecule has 6 rings (SSSR count). The maximum absolute atomic E-state index is 12.7. The maximum Gasteiger partial charge on any atom is 0.490 e. The van der Waals surface area contributed by atoms with Gasteiger partial charge in [0.2, 0.25) is 0 Å².